The molecule has 94 valence electrons. The Kier molecular flexibility index (Phi) is 4.22. The van der Waals surface area contributed by atoms with E-state index in [-0.39, 0.29) is 5.75 Å². The largest absolute Gasteiger partial charge is 0.494 e. The lowest BCUT2D eigenvalue weighted by molar-refractivity contribution is 0.138. The number of methoxy groups -OCH3 is 1. The Labute approximate surface area is 101 Å². The van der Waals surface area contributed by atoms with Gasteiger partial charge in [-0.05, 0) is 23.7 Å². The topological polar surface area (TPSA) is 29.5 Å². The van der Waals surface area contributed by atoms with Gasteiger partial charge in [-0.2, -0.15) is 4.39 Å². The molecule has 1 amide bonds. The minimum absolute atomic E-state index is 0.349. The molecule has 0 saturated carbocycles. The summed E-state index contributed by atoms with van der Waals surface area (Å²) in [6.07, 6.45) is -2.17. The van der Waals surface area contributed by atoms with Crippen LogP contribution in [0.4, 0.5) is 18.0 Å². The summed E-state index contributed by atoms with van der Waals surface area (Å²) in [6, 6.07) is 2.05. The van der Waals surface area contributed by atoms with Crippen molar-refractivity contribution in [1.82, 2.24) is 4.90 Å². The highest BCUT2D eigenvalue weighted by molar-refractivity contribution is 6.62. The first-order chi connectivity index (χ1) is 7.90. The van der Waals surface area contributed by atoms with Crippen molar-refractivity contribution in [3.8, 4) is 5.75 Å². The summed E-state index contributed by atoms with van der Waals surface area (Å²) in [4.78, 5) is 11.1. The van der Waals surface area contributed by atoms with Gasteiger partial charge in [0.2, 0.25) is 12.1 Å². The van der Waals surface area contributed by atoms with E-state index in [1.54, 1.807) is 0 Å². The van der Waals surface area contributed by atoms with Crippen LogP contribution in [0.3, 0.4) is 0 Å². The first kappa shape index (κ1) is 13.6. The van der Waals surface area contributed by atoms with E-state index in [1.807, 2.05) is 0 Å². The molecule has 3 nitrogen and oxygen atoms in total. The van der Waals surface area contributed by atoms with E-state index < -0.39 is 28.9 Å². The summed E-state index contributed by atoms with van der Waals surface area (Å²) in [7, 11) is 2.18. The fourth-order valence-electron chi connectivity index (χ4n) is 1.19. The number of nitrogens with zero attached hydrogens (tertiary/aromatic N) is 1. The SMILES string of the molecule is COc1ccc(C(F)N(C)C(=O)Cl)c(F)c1F. The van der Waals surface area contributed by atoms with E-state index >= 15 is 0 Å². The summed E-state index contributed by atoms with van der Waals surface area (Å²) in [5.41, 5.74) is -0.625. The number of halogens is 4. The maximum atomic E-state index is 13.6. The van der Waals surface area contributed by atoms with Crippen LogP contribution in [-0.4, -0.2) is 24.4 Å². The molecule has 0 aliphatic carbocycles. The molecular formula is C10H9ClF3NO2. The number of hydrogen-bond donors (Lipinski definition) is 0. The van der Waals surface area contributed by atoms with Gasteiger partial charge in [0.05, 0.1) is 7.11 Å². The lowest BCUT2D eigenvalue weighted by atomic mass is 10.1. The van der Waals surface area contributed by atoms with Crippen molar-refractivity contribution in [2.24, 2.45) is 0 Å². The number of rotatable bonds is 3. The molecule has 0 radical (unpaired) electrons. The number of hydrogen-bond acceptors (Lipinski definition) is 2. The molecule has 1 atom stereocenters. The van der Waals surface area contributed by atoms with Crippen LogP contribution in [0.1, 0.15) is 11.9 Å². The summed E-state index contributed by atoms with van der Waals surface area (Å²) >= 11 is 5.03. The molecule has 0 fully saturated rings. The van der Waals surface area contributed by atoms with Gasteiger partial charge in [-0.15, -0.1) is 0 Å². The van der Waals surface area contributed by atoms with Crippen LogP contribution in [-0.2, 0) is 0 Å². The first-order valence-corrected chi connectivity index (χ1v) is 4.86. The minimum Gasteiger partial charge on any atom is -0.494 e. The van der Waals surface area contributed by atoms with Crippen molar-refractivity contribution in [1.29, 1.82) is 0 Å². The van der Waals surface area contributed by atoms with Gasteiger partial charge < -0.3 is 4.74 Å². The number of amides is 1. The Hall–Kier alpha value is -1.43. The number of alkyl halides is 1. The van der Waals surface area contributed by atoms with Gasteiger partial charge in [0.15, 0.2) is 11.6 Å². The van der Waals surface area contributed by atoms with E-state index in [2.05, 4.69) is 4.74 Å². The second-order valence-electron chi connectivity index (χ2n) is 3.18. The average Bonchev–Trinajstić information content (AvgIpc) is 2.30. The Morgan fingerprint density at radius 2 is 2.00 bits per heavy atom. The molecule has 0 bridgehead atoms. The second kappa shape index (κ2) is 5.27. The highest BCUT2D eigenvalue weighted by atomic mass is 35.5. The monoisotopic (exact) mass is 267 g/mol. The van der Waals surface area contributed by atoms with Crippen LogP contribution < -0.4 is 4.74 Å². The fraction of sp³-hybridized carbons (Fsp3) is 0.300. The van der Waals surface area contributed by atoms with Gasteiger partial charge in [0.1, 0.15) is 0 Å². The molecule has 7 heteroatoms. The molecule has 0 aromatic heterocycles. The molecule has 0 saturated heterocycles. The molecule has 1 aromatic rings. The van der Waals surface area contributed by atoms with Gasteiger partial charge in [-0.1, -0.05) is 0 Å². The minimum atomic E-state index is -2.17. The zero-order valence-corrected chi connectivity index (χ0v) is 9.76. The predicted octanol–water partition coefficient (Wildman–Crippen LogP) is 3.23. The highest BCUT2D eigenvalue weighted by Crippen LogP contribution is 2.30. The van der Waals surface area contributed by atoms with Crippen LogP contribution in [0.2, 0.25) is 0 Å². The summed E-state index contributed by atoms with van der Waals surface area (Å²) in [5, 5.41) is -1.12. The third-order valence-corrected chi connectivity index (χ3v) is 2.44. The van der Waals surface area contributed by atoms with E-state index in [9.17, 15) is 18.0 Å². The molecule has 0 spiro atoms. The van der Waals surface area contributed by atoms with Crippen molar-refractivity contribution in [3.05, 3.63) is 29.3 Å². The average molecular weight is 268 g/mol. The van der Waals surface area contributed by atoms with Gasteiger partial charge in [-0.3, -0.25) is 9.69 Å². The molecular weight excluding hydrogens is 259 g/mol. The van der Waals surface area contributed by atoms with Gasteiger partial charge >= 0.3 is 5.37 Å². The summed E-state index contributed by atoms with van der Waals surface area (Å²) < 4.78 is 44.9. The maximum Gasteiger partial charge on any atom is 0.318 e. The van der Waals surface area contributed by atoms with Crippen molar-refractivity contribution in [3.63, 3.8) is 0 Å². The van der Waals surface area contributed by atoms with E-state index in [4.69, 9.17) is 11.6 Å². The lowest BCUT2D eigenvalue weighted by Crippen LogP contribution is -2.24. The molecule has 0 heterocycles. The third-order valence-electron chi connectivity index (χ3n) is 2.17. The fourth-order valence-corrected chi connectivity index (χ4v) is 1.27. The molecule has 0 aliphatic heterocycles. The van der Waals surface area contributed by atoms with Crippen LogP contribution >= 0.6 is 11.6 Å². The normalized spacial score (nSPS) is 12.1. The highest BCUT2D eigenvalue weighted by Gasteiger charge is 2.25. The molecule has 17 heavy (non-hydrogen) atoms. The molecule has 0 aliphatic rings. The van der Waals surface area contributed by atoms with Crippen molar-refractivity contribution < 1.29 is 22.7 Å². The lowest BCUT2D eigenvalue weighted by Gasteiger charge is -2.19. The van der Waals surface area contributed by atoms with E-state index in [1.165, 1.54) is 0 Å². The number of carbonyl (C=O) groups is 1. The molecule has 1 rings (SSSR count). The van der Waals surface area contributed by atoms with Crippen molar-refractivity contribution >= 4 is 17.0 Å². The third kappa shape index (κ3) is 2.63. The predicted molar refractivity (Wildman–Crippen MR) is 55.8 cm³/mol. The van der Waals surface area contributed by atoms with Gasteiger partial charge in [0.25, 0.3) is 0 Å². The Morgan fingerprint density at radius 1 is 1.41 bits per heavy atom. The zero-order valence-electron chi connectivity index (χ0n) is 9.01. The molecule has 1 unspecified atom stereocenters. The smallest absolute Gasteiger partial charge is 0.318 e. The Balaban J connectivity index is 3.16. The Bertz CT molecular complexity index is 442. The number of carbonyl (C=O) groups excluding carboxylic acids is 1. The van der Waals surface area contributed by atoms with E-state index in [0.29, 0.717) is 4.90 Å². The Morgan fingerprint density at radius 3 is 2.47 bits per heavy atom. The standard InChI is InChI=1S/C10H9ClF3NO2/c1-15(10(11)16)9(14)5-3-4-6(17-2)8(13)7(5)12/h3-4,9H,1-2H3. The second-order valence-corrected chi connectivity index (χ2v) is 3.51. The number of ether oxygens (including phenoxy) is 1. The zero-order chi connectivity index (χ0) is 13.2. The van der Waals surface area contributed by atoms with Crippen LogP contribution in [0.5, 0.6) is 5.75 Å². The quantitative estimate of drug-likeness (QED) is 0.622. The summed E-state index contributed by atoms with van der Waals surface area (Å²) in [6.45, 7) is 0. The van der Waals surface area contributed by atoms with Gasteiger partial charge in [-0.25, -0.2) is 8.78 Å². The van der Waals surface area contributed by atoms with Crippen molar-refractivity contribution in [2.75, 3.05) is 14.2 Å². The van der Waals surface area contributed by atoms with Crippen molar-refractivity contribution in [2.45, 2.75) is 6.30 Å². The first-order valence-electron chi connectivity index (χ1n) is 4.48. The van der Waals surface area contributed by atoms with Crippen LogP contribution in [0, 0.1) is 11.6 Å². The van der Waals surface area contributed by atoms with Crippen LogP contribution in [0.25, 0.3) is 0 Å². The maximum absolute atomic E-state index is 13.6. The van der Waals surface area contributed by atoms with E-state index in [0.717, 1.165) is 26.3 Å². The molecule has 1 aromatic carbocycles. The van der Waals surface area contributed by atoms with Crippen LogP contribution in [0.15, 0.2) is 12.1 Å². The summed E-state index contributed by atoms with van der Waals surface area (Å²) in [5.74, 6) is -3.08. The number of benzene rings is 1. The van der Waals surface area contributed by atoms with Gasteiger partial charge in [0, 0.05) is 12.6 Å². The molecule has 0 N–H and O–H groups in total.